The number of fused-ring (bicyclic) bond motifs is 1. The van der Waals surface area contributed by atoms with Gasteiger partial charge in [0, 0.05) is 38.1 Å². The van der Waals surface area contributed by atoms with Crippen molar-refractivity contribution in [2.45, 2.75) is 6.54 Å². The number of nitrogens with zero attached hydrogens (tertiary/aromatic N) is 2. The number of hydrogen-bond acceptors (Lipinski definition) is 4. The molecule has 0 unspecified atom stereocenters. The highest BCUT2D eigenvalue weighted by Crippen LogP contribution is 2.14. The summed E-state index contributed by atoms with van der Waals surface area (Å²) < 4.78 is 5.26. The predicted octanol–water partition coefficient (Wildman–Crippen LogP) is 2.46. The Bertz CT molecular complexity index is 1090. The van der Waals surface area contributed by atoms with Gasteiger partial charge in [-0.1, -0.05) is 48.5 Å². The fourth-order valence-electron chi connectivity index (χ4n) is 3.38. The second kappa shape index (κ2) is 8.18. The summed E-state index contributed by atoms with van der Waals surface area (Å²) in [7, 11) is 0. The maximum Gasteiger partial charge on any atom is 0.349 e. The fourth-order valence-corrected chi connectivity index (χ4v) is 3.38. The van der Waals surface area contributed by atoms with Crippen LogP contribution in [0.3, 0.4) is 0 Å². The molecule has 1 N–H and O–H groups in total. The molecule has 1 aliphatic heterocycles. The summed E-state index contributed by atoms with van der Waals surface area (Å²) in [5.41, 5.74) is 0.856. The van der Waals surface area contributed by atoms with Crippen molar-refractivity contribution in [3.8, 4) is 0 Å². The van der Waals surface area contributed by atoms with Gasteiger partial charge in [-0.05, 0) is 17.7 Å². The van der Waals surface area contributed by atoms with Gasteiger partial charge in [0.1, 0.15) is 11.1 Å². The van der Waals surface area contributed by atoms with Gasteiger partial charge in [-0.25, -0.2) is 9.59 Å². The van der Waals surface area contributed by atoms with Gasteiger partial charge in [0.25, 0.3) is 5.91 Å². The van der Waals surface area contributed by atoms with Crippen molar-refractivity contribution in [2.75, 3.05) is 26.2 Å². The van der Waals surface area contributed by atoms with E-state index in [0.29, 0.717) is 43.7 Å². The fraction of sp³-hybridized carbons (Fsp3) is 0.227. The van der Waals surface area contributed by atoms with Crippen LogP contribution >= 0.6 is 0 Å². The number of amides is 3. The molecule has 2 heterocycles. The minimum absolute atomic E-state index is 0.0191. The standard InChI is InChI=1S/C22H21N3O4/c26-20(18-14-17-8-4-5-9-19(17)29-21(18)27)24-10-12-25(13-11-24)22(28)23-15-16-6-2-1-3-7-16/h1-9,14H,10-13,15H2,(H,23,28). The molecular formula is C22H21N3O4. The third-order valence-electron chi connectivity index (χ3n) is 5.01. The maximum atomic E-state index is 12.8. The number of rotatable bonds is 3. The molecule has 0 saturated carbocycles. The molecule has 7 nitrogen and oxygen atoms in total. The van der Waals surface area contributed by atoms with E-state index in [0.717, 1.165) is 5.56 Å². The van der Waals surface area contributed by atoms with Crippen molar-refractivity contribution in [2.24, 2.45) is 0 Å². The normalized spacial score (nSPS) is 14.1. The van der Waals surface area contributed by atoms with Gasteiger partial charge in [-0.3, -0.25) is 4.79 Å². The Labute approximate surface area is 167 Å². The lowest BCUT2D eigenvalue weighted by atomic mass is 10.1. The topological polar surface area (TPSA) is 82.9 Å². The van der Waals surface area contributed by atoms with Crippen LogP contribution in [-0.4, -0.2) is 47.9 Å². The highest BCUT2D eigenvalue weighted by atomic mass is 16.4. The van der Waals surface area contributed by atoms with E-state index < -0.39 is 5.63 Å². The lowest BCUT2D eigenvalue weighted by Gasteiger charge is -2.34. The van der Waals surface area contributed by atoms with E-state index >= 15 is 0 Å². The number of carbonyl (C=O) groups is 2. The molecule has 0 bridgehead atoms. The summed E-state index contributed by atoms with van der Waals surface area (Å²) in [5, 5.41) is 3.60. The van der Waals surface area contributed by atoms with Crippen LogP contribution in [-0.2, 0) is 6.54 Å². The van der Waals surface area contributed by atoms with Crippen LogP contribution < -0.4 is 10.9 Å². The SMILES string of the molecule is O=C(NCc1ccccc1)N1CCN(C(=O)c2cc3ccccc3oc2=O)CC1. The minimum atomic E-state index is -0.642. The van der Waals surface area contributed by atoms with E-state index in [4.69, 9.17) is 4.42 Å². The summed E-state index contributed by atoms with van der Waals surface area (Å²) >= 11 is 0. The van der Waals surface area contributed by atoms with Crippen molar-refractivity contribution < 1.29 is 14.0 Å². The highest BCUT2D eigenvalue weighted by Gasteiger charge is 2.26. The van der Waals surface area contributed by atoms with Crippen molar-refractivity contribution in [1.29, 1.82) is 0 Å². The maximum absolute atomic E-state index is 12.8. The van der Waals surface area contributed by atoms with E-state index in [1.54, 1.807) is 34.1 Å². The largest absolute Gasteiger partial charge is 0.422 e. The lowest BCUT2D eigenvalue weighted by Crippen LogP contribution is -2.53. The van der Waals surface area contributed by atoms with Crippen LogP contribution in [0, 0.1) is 0 Å². The molecule has 0 aliphatic carbocycles. The molecular weight excluding hydrogens is 370 g/mol. The van der Waals surface area contributed by atoms with Crippen molar-refractivity contribution in [1.82, 2.24) is 15.1 Å². The van der Waals surface area contributed by atoms with Crippen molar-refractivity contribution in [3.05, 3.63) is 82.2 Å². The number of nitrogens with one attached hydrogen (secondary N) is 1. The van der Waals surface area contributed by atoms with Gasteiger partial charge in [0.2, 0.25) is 0 Å². The summed E-state index contributed by atoms with van der Waals surface area (Å²) in [4.78, 5) is 40.6. The molecule has 3 aromatic rings. The molecule has 1 aliphatic rings. The van der Waals surface area contributed by atoms with Gasteiger partial charge < -0.3 is 19.5 Å². The summed E-state index contributed by atoms with van der Waals surface area (Å²) in [6.07, 6.45) is 0. The Balaban J connectivity index is 1.37. The molecule has 1 fully saturated rings. The Morgan fingerprint density at radius 2 is 1.55 bits per heavy atom. The van der Waals surface area contributed by atoms with Gasteiger partial charge >= 0.3 is 11.7 Å². The lowest BCUT2D eigenvalue weighted by molar-refractivity contribution is 0.0661. The summed E-state index contributed by atoms with van der Waals surface area (Å²) in [6.45, 7) is 2.00. The van der Waals surface area contributed by atoms with Crippen LogP contribution in [0.4, 0.5) is 4.79 Å². The van der Waals surface area contributed by atoms with Crippen LogP contribution in [0.15, 0.2) is 69.9 Å². The summed E-state index contributed by atoms with van der Waals surface area (Å²) in [5.74, 6) is -0.367. The molecule has 2 aromatic carbocycles. The second-order valence-electron chi connectivity index (χ2n) is 6.91. The predicted molar refractivity (Wildman–Crippen MR) is 109 cm³/mol. The van der Waals surface area contributed by atoms with E-state index in [1.807, 2.05) is 36.4 Å². The van der Waals surface area contributed by atoms with E-state index in [1.165, 1.54) is 0 Å². The molecule has 1 aromatic heterocycles. The Morgan fingerprint density at radius 3 is 2.31 bits per heavy atom. The zero-order valence-corrected chi connectivity index (χ0v) is 15.8. The van der Waals surface area contributed by atoms with Gasteiger partial charge in [-0.15, -0.1) is 0 Å². The molecule has 0 atom stereocenters. The first-order valence-corrected chi connectivity index (χ1v) is 9.51. The number of urea groups is 1. The van der Waals surface area contributed by atoms with E-state index in [9.17, 15) is 14.4 Å². The van der Waals surface area contributed by atoms with Crippen molar-refractivity contribution >= 4 is 22.9 Å². The molecule has 0 radical (unpaired) electrons. The Hall–Kier alpha value is -3.61. The number of piperazine rings is 1. The van der Waals surface area contributed by atoms with Crippen LogP contribution in [0.25, 0.3) is 11.0 Å². The van der Waals surface area contributed by atoms with Crippen molar-refractivity contribution in [3.63, 3.8) is 0 Å². The molecule has 3 amide bonds. The average molecular weight is 391 g/mol. The molecule has 0 spiro atoms. The third kappa shape index (κ3) is 4.13. The van der Waals surface area contributed by atoms with E-state index in [2.05, 4.69) is 5.32 Å². The molecule has 1 saturated heterocycles. The Kier molecular flexibility index (Phi) is 5.29. The average Bonchev–Trinajstić information content (AvgIpc) is 2.77. The molecule has 148 valence electrons. The molecule has 29 heavy (non-hydrogen) atoms. The number of para-hydroxylation sites is 1. The van der Waals surface area contributed by atoms with Crippen LogP contribution in [0.2, 0.25) is 0 Å². The monoisotopic (exact) mass is 391 g/mol. The van der Waals surface area contributed by atoms with Gasteiger partial charge in [0.15, 0.2) is 0 Å². The smallest absolute Gasteiger partial charge is 0.349 e. The Morgan fingerprint density at radius 1 is 0.897 bits per heavy atom. The van der Waals surface area contributed by atoms with Gasteiger partial charge in [0.05, 0.1) is 0 Å². The first-order chi connectivity index (χ1) is 14.1. The van der Waals surface area contributed by atoms with Gasteiger partial charge in [-0.2, -0.15) is 0 Å². The zero-order valence-electron chi connectivity index (χ0n) is 15.8. The second-order valence-corrected chi connectivity index (χ2v) is 6.91. The number of carbonyl (C=O) groups excluding carboxylic acids is 2. The van der Waals surface area contributed by atoms with Crippen LogP contribution in [0.5, 0.6) is 0 Å². The van der Waals surface area contributed by atoms with Crippen LogP contribution in [0.1, 0.15) is 15.9 Å². The first-order valence-electron chi connectivity index (χ1n) is 9.51. The first kappa shape index (κ1) is 18.7. The molecule has 4 rings (SSSR count). The zero-order chi connectivity index (χ0) is 20.2. The summed E-state index contributed by atoms with van der Waals surface area (Å²) in [6, 6.07) is 18.2. The highest BCUT2D eigenvalue weighted by molar-refractivity contribution is 5.96. The number of benzene rings is 2. The minimum Gasteiger partial charge on any atom is -0.422 e. The van der Waals surface area contributed by atoms with E-state index in [-0.39, 0.29) is 17.5 Å². The number of hydrogen-bond donors (Lipinski definition) is 1. The quantitative estimate of drug-likeness (QED) is 0.696. The third-order valence-corrected chi connectivity index (χ3v) is 5.01. The molecule has 7 heteroatoms.